The Bertz CT molecular complexity index is 353. The van der Waals surface area contributed by atoms with Crippen molar-refractivity contribution in [2.24, 2.45) is 0 Å². The number of rotatable bonds is 2. The van der Waals surface area contributed by atoms with Crippen LogP contribution >= 0.6 is 0 Å². The molecule has 0 unspecified atom stereocenters. The van der Waals surface area contributed by atoms with Crippen LogP contribution in [-0.4, -0.2) is 4.98 Å². The Hall–Kier alpha value is -1.31. The molecule has 2 heteroatoms. The van der Waals surface area contributed by atoms with Gasteiger partial charge in [0.1, 0.15) is 5.69 Å². The number of allylic oxidation sites excluding steroid dienone is 1. The fourth-order valence-electron chi connectivity index (χ4n) is 1.08. The maximum Gasteiger partial charge on any atom is 0.200 e. The van der Waals surface area contributed by atoms with Gasteiger partial charge in [0.15, 0.2) is 5.76 Å². The minimum atomic E-state index is -0.0579. The molecule has 76 valence electrons. The second kappa shape index (κ2) is 3.82. The highest BCUT2D eigenvalue weighted by atomic mass is 16.4. The number of oxazole rings is 1. The molecule has 1 heterocycles. The number of nitrogens with zero attached hydrogens (tertiary/aromatic N) is 1. The first-order valence-electron chi connectivity index (χ1n) is 4.75. The maximum atomic E-state index is 5.64. The first kappa shape index (κ1) is 10.8. The molecule has 1 aromatic rings. The lowest BCUT2D eigenvalue weighted by Crippen LogP contribution is -2.11. The second-order valence-corrected chi connectivity index (χ2v) is 4.22. The Balaban J connectivity index is 3.19. The molecule has 0 aliphatic rings. The number of hydrogen-bond acceptors (Lipinski definition) is 2. The normalized spacial score (nSPS) is 12.3. The number of aromatic nitrogens is 1. The van der Waals surface area contributed by atoms with E-state index in [0.717, 1.165) is 17.3 Å². The van der Waals surface area contributed by atoms with Crippen molar-refractivity contribution in [2.45, 2.75) is 33.1 Å². The highest BCUT2D eigenvalue weighted by molar-refractivity contribution is 5.57. The van der Waals surface area contributed by atoms with Crippen LogP contribution in [0.3, 0.4) is 0 Å². The second-order valence-electron chi connectivity index (χ2n) is 4.22. The van der Waals surface area contributed by atoms with Gasteiger partial charge in [-0.15, -0.1) is 0 Å². The summed E-state index contributed by atoms with van der Waals surface area (Å²) < 4.78 is 5.64. The van der Waals surface area contributed by atoms with E-state index in [4.69, 9.17) is 4.42 Å². The van der Waals surface area contributed by atoms with Crippen LogP contribution in [0.15, 0.2) is 17.1 Å². The molecule has 1 aromatic heterocycles. The van der Waals surface area contributed by atoms with E-state index < -0.39 is 0 Å². The summed E-state index contributed by atoms with van der Waals surface area (Å²) in [5, 5.41) is 0. The van der Waals surface area contributed by atoms with Gasteiger partial charge >= 0.3 is 0 Å². The van der Waals surface area contributed by atoms with Crippen molar-refractivity contribution >= 4 is 12.2 Å². The Morgan fingerprint density at radius 1 is 1.36 bits per heavy atom. The van der Waals surface area contributed by atoms with Crippen LogP contribution in [0, 0.1) is 0 Å². The molecule has 0 aliphatic carbocycles. The van der Waals surface area contributed by atoms with E-state index >= 15 is 0 Å². The SMILES string of the molecule is C=Cc1nc(C(C)(C)C)oc1/C=C\C. The topological polar surface area (TPSA) is 26.0 Å². The van der Waals surface area contributed by atoms with Gasteiger partial charge in [-0.25, -0.2) is 4.98 Å². The summed E-state index contributed by atoms with van der Waals surface area (Å²) in [6.07, 6.45) is 5.55. The molecular formula is C12H17NO. The van der Waals surface area contributed by atoms with Gasteiger partial charge < -0.3 is 4.42 Å². The van der Waals surface area contributed by atoms with Gasteiger partial charge in [0.05, 0.1) is 0 Å². The first-order chi connectivity index (χ1) is 6.49. The Labute approximate surface area is 85.4 Å². The van der Waals surface area contributed by atoms with Crippen LogP contribution in [-0.2, 0) is 5.41 Å². The monoisotopic (exact) mass is 191 g/mol. The molecule has 0 N–H and O–H groups in total. The molecule has 14 heavy (non-hydrogen) atoms. The quantitative estimate of drug-likeness (QED) is 0.713. The Morgan fingerprint density at radius 2 is 2.00 bits per heavy atom. The summed E-state index contributed by atoms with van der Waals surface area (Å²) in [6, 6.07) is 0. The van der Waals surface area contributed by atoms with E-state index in [-0.39, 0.29) is 5.41 Å². The van der Waals surface area contributed by atoms with Crippen LogP contribution in [0.5, 0.6) is 0 Å². The molecule has 0 bridgehead atoms. The predicted octanol–water partition coefficient (Wildman–Crippen LogP) is 3.65. The number of hydrogen-bond donors (Lipinski definition) is 0. The largest absolute Gasteiger partial charge is 0.440 e. The average molecular weight is 191 g/mol. The van der Waals surface area contributed by atoms with Crippen LogP contribution in [0.4, 0.5) is 0 Å². The molecular weight excluding hydrogens is 174 g/mol. The van der Waals surface area contributed by atoms with Crippen molar-refractivity contribution in [2.75, 3.05) is 0 Å². The average Bonchev–Trinajstić information content (AvgIpc) is 2.47. The van der Waals surface area contributed by atoms with Crippen molar-refractivity contribution in [1.82, 2.24) is 4.98 Å². The van der Waals surface area contributed by atoms with E-state index in [0.29, 0.717) is 0 Å². The van der Waals surface area contributed by atoms with Crippen LogP contribution in [0.2, 0.25) is 0 Å². The van der Waals surface area contributed by atoms with E-state index in [9.17, 15) is 0 Å². The molecule has 0 aliphatic heterocycles. The lowest BCUT2D eigenvalue weighted by atomic mass is 9.97. The highest BCUT2D eigenvalue weighted by Crippen LogP contribution is 2.25. The zero-order valence-corrected chi connectivity index (χ0v) is 9.29. The summed E-state index contributed by atoms with van der Waals surface area (Å²) >= 11 is 0. The van der Waals surface area contributed by atoms with Crippen LogP contribution < -0.4 is 0 Å². The van der Waals surface area contributed by atoms with Crippen LogP contribution in [0.1, 0.15) is 45.0 Å². The molecule has 0 atom stereocenters. The van der Waals surface area contributed by atoms with Crippen molar-refractivity contribution in [1.29, 1.82) is 0 Å². The fraction of sp³-hybridized carbons (Fsp3) is 0.417. The first-order valence-corrected chi connectivity index (χ1v) is 4.75. The molecule has 0 spiro atoms. The third kappa shape index (κ3) is 2.13. The van der Waals surface area contributed by atoms with Gasteiger partial charge in [0.2, 0.25) is 5.89 Å². The molecule has 0 radical (unpaired) electrons. The maximum absolute atomic E-state index is 5.64. The van der Waals surface area contributed by atoms with Gasteiger partial charge in [-0.3, -0.25) is 0 Å². The van der Waals surface area contributed by atoms with Gasteiger partial charge in [-0.2, -0.15) is 0 Å². The van der Waals surface area contributed by atoms with E-state index in [1.807, 2.05) is 19.1 Å². The van der Waals surface area contributed by atoms with Crippen molar-refractivity contribution < 1.29 is 4.42 Å². The summed E-state index contributed by atoms with van der Waals surface area (Å²) in [7, 11) is 0. The van der Waals surface area contributed by atoms with Gasteiger partial charge in [0.25, 0.3) is 0 Å². The van der Waals surface area contributed by atoms with E-state index in [1.54, 1.807) is 6.08 Å². The lowest BCUT2D eigenvalue weighted by molar-refractivity contribution is 0.389. The Morgan fingerprint density at radius 3 is 2.43 bits per heavy atom. The summed E-state index contributed by atoms with van der Waals surface area (Å²) in [6.45, 7) is 11.9. The molecule has 1 rings (SSSR count). The standard InChI is InChI=1S/C12H17NO/c1-6-8-10-9(7-2)13-11(14-10)12(3,4)5/h6-8H,2H2,1,3-5H3/b8-6-. The fourth-order valence-corrected chi connectivity index (χ4v) is 1.08. The van der Waals surface area contributed by atoms with Gasteiger partial charge in [0, 0.05) is 5.41 Å². The summed E-state index contributed by atoms with van der Waals surface area (Å²) in [5.74, 6) is 1.54. The minimum absolute atomic E-state index is 0.0579. The van der Waals surface area contributed by atoms with Crippen molar-refractivity contribution in [3.63, 3.8) is 0 Å². The molecule has 0 aromatic carbocycles. The zero-order valence-electron chi connectivity index (χ0n) is 9.29. The minimum Gasteiger partial charge on any atom is -0.440 e. The third-order valence-electron chi connectivity index (χ3n) is 1.83. The molecule has 0 saturated heterocycles. The van der Waals surface area contributed by atoms with Crippen molar-refractivity contribution in [3.8, 4) is 0 Å². The molecule has 0 fully saturated rings. The van der Waals surface area contributed by atoms with E-state index in [1.165, 1.54) is 0 Å². The van der Waals surface area contributed by atoms with Crippen molar-refractivity contribution in [3.05, 3.63) is 30.0 Å². The zero-order chi connectivity index (χ0) is 10.8. The highest BCUT2D eigenvalue weighted by Gasteiger charge is 2.21. The lowest BCUT2D eigenvalue weighted by Gasteiger charge is -2.11. The molecule has 0 amide bonds. The molecule has 2 nitrogen and oxygen atoms in total. The molecule has 0 saturated carbocycles. The predicted molar refractivity (Wildman–Crippen MR) is 60.0 cm³/mol. The van der Waals surface area contributed by atoms with Crippen LogP contribution in [0.25, 0.3) is 12.2 Å². The summed E-state index contributed by atoms with van der Waals surface area (Å²) in [5.41, 5.74) is 0.755. The van der Waals surface area contributed by atoms with E-state index in [2.05, 4.69) is 32.3 Å². The smallest absolute Gasteiger partial charge is 0.200 e. The Kier molecular flexibility index (Phi) is 2.94. The third-order valence-corrected chi connectivity index (χ3v) is 1.83. The van der Waals surface area contributed by atoms with Gasteiger partial charge in [-0.05, 0) is 19.1 Å². The summed E-state index contributed by atoms with van der Waals surface area (Å²) in [4.78, 5) is 4.38. The van der Waals surface area contributed by atoms with Gasteiger partial charge in [-0.1, -0.05) is 33.4 Å².